The minimum atomic E-state index is -0.0221. The molecule has 0 radical (unpaired) electrons. The summed E-state index contributed by atoms with van der Waals surface area (Å²) < 4.78 is 0. The molecule has 1 aliphatic carbocycles. The van der Waals surface area contributed by atoms with Gasteiger partial charge in [0.25, 0.3) is 0 Å². The molecule has 11 heavy (non-hydrogen) atoms. The Labute approximate surface area is 69.8 Å². The Morgan fingerprint density at radius 1 is 1.18 bits per heavy atom. The zero-order valence-electron chi connectivity index (χ0n) is 7.88. The first kappa shape index (κ1) is 9.05. The van der Waals surface area contributed by atoms with Gasteiger partial charge >= 0.3 is 0 Å². The van der Waals surface area contributed by atoms with E-state index in [9.17, 15) is 5.11 Å². The lowest BCUT2D eigenvalue weighted by atomic mass is 9.76. The van der Waals surface area contributed by atoms with E-state index in [2.05, 4.69) is 20.8 Å². The molecule has 1 heteroatoms. The Morgan fingerprint density at radius 2 is 1.82 bits per heavy atom. The first-order chi connectivity index (χ1) is 5.09. The lowest BCUT2D eigenvalue weighted by Crippen LogP contribution is -2.27. The first-order valence-electron chi connectivity index (χ1n) is 4.77. The first-order valence-corrected chi connectivity index (χ1v) is 4.77. The fraction of sp³-hybridized carbons (Fsp3) is 1.00. The molecule has 1 saturated carbocycles. The summed E-state index contributed by atoms with van der Waals surface area (Å²) in [5.41, 5.74) is 0. The van der Waals surface area contributed by atoms with Gasteiger partial charge in [-0.15, -0.1) is 0 Å². The minimum absolute atomic E-state index is 0.0221. The van der Waals surface area contributed by atoms with E-state index in [0.29, 0.717) is 0 Å². The van der Waals surface area contributed by atoms with Crippen LogP contribution in [0.2, 0.25) is 0 Å². The molecule has 0 amide bonds. The minimum Gasteiger partial charge on any atom is -0.393 e. The van der Waals surface area contributed by atoms with Crippen LogP contribution in [0.1, 0.15) is 40.0 Å². The van der Waals surface area contributed by atoms with E-state index in [1.54, 1.807) is 0 Å². The molecule has 0 saturated heterocycles. The van der Waals surface area contributed by atoms with Gasteiger partial charge in [0.15, 0.2) is 0 Å². The highest BCUT2D eigenvalue weighted by Gasteiger charge is 2.26. The highest BCUT2D eigenvalue weighted by molar-refractivity contribution is 4.77. The Hall–Kier alpha value is -0.0400. The highest BCUT2D eigenvalue weighted by atomic mass is 16.3. The highest BCUT2D eigenvalue weighted by Crippen LogP contribution is 2.33. The second kappa shape index (κ2) is 3.57. The standard InChI is InChI=1S/C10H20O/c1-7(2)9-4-8(3)5-10(11)6-9/h7-11H,4-6H2,1-3H3/t8-,9-,10-/m1/s1. The molecule has 66 valence electrons. The molecule has 1 rings (SSSR count). The summed E-state index contributed by atoms with van der Waals surface area (Å²) in [6.45, 7) is 6.77. The maximum absolute atomic E-state index is 9.50. The molecule has 1 fully saturated rings. The zero-order valence-corrected chi connectivity index (χ0v) is 7.88. The molecule has 1 aliphatic rings. The van der Waals surface area contributed by atoms with Crippen LogP contribution in [0.25, 0.3) is 0 Å². The van der Waals surface area contributed by atoms with Gasteiger partial charge in [0.2, 0.25) is 0 Å². The van der Waals surface area contributed by atoms with Gasteiger partial charge in [-0.1, -0.05) is 20.8 Å². The fourth-order valence-corrected chi connectivity index (χ4v) is 2.16. The summed E-state index contributed by atoms with van der Waals surface area (Å²) in [6.07, 6.45) is 3.34. The van der Waals surface area contributed by atoms with Crippen molar-refractivity contribution in [3.63, 3.8) is 0 Å². The lowest BCUT2D eigenvalue weighted by Gasteiger charge is -2.32. The van der Waals surface area contributed by atoms with Crippen molar-refractivity contribution >= 4 is 0 Å². The van der Waals surface area contributed by atoms with Crippen LogP contribution in [0.15, 0.2) is 0 Å². The fourth-order valence-electron chi connectivity index (χ4n) is 2.16. The monoisotopic (exact) mass is 156 g/mol. The predicted molar refractivity (Wildman–Crippen MR) is 47.3 cm³/mol. The smallest absolute Gasteiger partial charge is 0.0545 e. The van der Waals surface area contributed by atoms with Crippen molar-refractivity contribution < 1.29 is 5.11 Å². The van der Waals surface area contributed by atoms with Gasteiger partial charge in [-0.3, -0.25) is 0 Å². The SMILES string of the molecule is CC(C)[C@@H]1C[C@@H](C)C[C@@H](O)C1. The summed E-state index contributed by atoms with van der Waals surface area (Å²) in [5.74, 6) is 2.23. The lowest BCUT2D eigenvalue weighted by molar-refractivity contribution is 0.0599. The van der Waals surface area contributed by atoms with Gasteiger partial charge in [0, 0.05) is 0 Å². The molecular formula is C10H20O. The van der Waals surface area contributed by atoms with Crippen molar-refractivity contribution in [1.82, 2.24) is 0 Å². The van der Waals surface area contributed by atoms with Crippen LogP contribution < -0.4 is 0 Å². The molecule has 0 spiro atoms. The van der Waals surface area contributed by atoms with Gasteiger partial charge < -0.3 is 5.11 Å². The predicted octanol–water partition coefficient (Wildman–Crippen LogP) is 2.44. The molecule has 3 atom stereocenters. The van der Waals surface area contributed by atoms with Gasteiger partial charge in [0.1, 0.15) is 0 Å². The van der Waals surface area contributed by atoms with Crippen LogP contribution in [0.4, 0.5) is 0 Å². The van der Waals surface area contributed by atoms with E-state index in [4.69, 9.17) is 0 Å². The zero-order chi connectivity index (χ0) is 8.43. The summed E-state index contributed by atoms with van der Waals surface area (Å²) in [7, 11) is 0. The normalized spacial score (nSPS) is 39.5. The molecular weight excluding hydrogens is 136 g/mol. The number of aliphatic hydroxyl groups is 1. The third kappa shape index (κ3) is 2.48. The summed E-state index contributed by atoms with van der Waals surface area (Å²) in [4.78, 5) is 0. The van der Waals surface area contributed by atoms with E-state index >= 15 is 0 Å². The molecule has 1 nitrogen and oxygen atoms in total. The third-order valence-corrected chi connectivity index (χ3v) is 2.90. The average molecular weight is 156 g/mol. The Morgan fingerprint density at radius 3 is 2.27 bits per heavy atom. The van der Waals surface area contributed by atoms with Crippen LogP contribution in [0.3, 0.4) is 0 Å². The molecule has 0 aliphatic heterocycles. The molecule has 0 aromatic heterocycles. The van der Waals surface area contributed by atoms with Crippen molar-refractivity contribution in [2.24, 2.45) is 17.8 Å². The quantitative estimate of drug-likeness (QED) is 0.618. The summed E-state index contributed by atoms with van der Waals surface area (Å²) >= 11 is 0. The second-order valence-corrected chi connectivity index (χ2v) is 4.47. The summed E-state index contributed by atoms with van der Waals surface area (Å²) in [6, 6.07) is 0. The Bertz CT molecular complexity index is 110. The van der Waals surface area contributed by atoms with E-state index in [1.165, 1.54) is 6.42 Å². The average Bonchev–Trinajstić information content (AvgIpc) is 1.85. The maximum Gasteiger partial charge on any atom is 0.0545 e. The Kier molecular flexibility index (Phi) is 2.94. The van der Waals surface area contributed by atoms with Crippen molar-refractivity contribution in [2.45, 2.75) is 46.1 Å². The van der Waals surface area contributed by atoms with Crippen molar-refractivity contribution in [2.75, 3.05) is 0 Å². The Balaban J connectivity index is 2.43. The molecule has 0 aromatic carbocycles. The second-order valence-electron chi connectivity index (χ2n) is 4.47. The molecule has 0 unspecified atom stereocenters. The van der Waals surface area contributed by atoms with Gasteiger partial charge in [0.05, 0.1) is 6.10 Å². The van der Waals surface area contributed by atoms with Gasteiger partial charge in [-0.2, -0.15) is 0 Å². The third-order valence-electron chi connectivity index (χ3n) is 2.90. The van der Waals surface area contributed by atoms with E-state index in [-0.39, 0.29) is 6.10 Å². The van der Waals surface area contributed by atoms with Crippen molar-refractivity contribution in [3.8, 4) is 0 Å². The molecule has 0 heterocycles. The maximum atomic E-state index is 9.50. The van der Waals surface area contributed by atoms with Crippen molar-refractivity contribution in [1.29, 1.82) is 0 Å². The number of hydrogen-bond donors (Lipinski definition) is 1. The van der Waals surface area contributed by atoms with Crippen LogP contribution >= 0.6 is 0 Å². The van der Waals surface area contributed by atoms with Crippen molar-refractivity contribution in [3.05, 3.63) is 0 Å². The van der Waals surface area contributed by atoms with Gasteiger partial charge in [-0.25, -0.2) is 0 Å². The number of aliphatic hydroxyl groups excluding tert-OH is 1. The molecule has 1 N–H and O–H groups in total. The van der Waals surface area contributed by atoms with Crippen LogP contribution in [0, 0.1) is 17.8 Å². The summed E-state index contributed by atoms with van der Waals surface area (Å²) in [5, 5.41) is 9.50. The van der Waals surface area contributed by atoms with Crippen LogP contribution in [-0.2, 0) is 0 Å². The van der Waals surface area contributed by atoms with Gasteiger partial charge in [-0.05, 0) is 37.0 Å². The number of hydrogen-bond acceptors (Lipinski definition) is 1. The van der Waals surface area contributed by atoms with E-state index in [1.807, 2.05) is 0 Å². The molecule has 0 aromatic rings. The van der Waals surface area contributed by atoms with E-state index < -0.39 is 0 Å². The largest absolute Gasteiger partial charge is 0.393 e. The number of rotatable bonds is 1. The van der Waals surface area contributed by atoms with E-state index in [0.717, 1.165) is 30.6 Å². The van der Waals surface area contributed by atoms with Crippen LogP contribution in [-0.4, -0.2) is 11.2 Å². The van der Waals surface area contributed by atoms with Crippen LogP contribution in [0.5, 0.6) is 0 Å². The molecule has 0 bridgehead atoms. The topological polar surface area (TPSA) is 20.2 Å².